The zero-order valence-corrected chi connectivity index (χ0v) is 12.0. The Hall–Kier alpha value is -2.62. The second-order valence-electron chi connectivity index (χ2n) is 4.81. The topological polar surface area (TPSA) is 49.4 Å². The number of carbonyl (C=O) groups excluding carboxylic acids is 2. The van der Waals surface area contributed by atoms with E-state index >= 15 is 0 Å². The van der Waals surface area contributed by atoms with E-state index in [4.69, 9.17) is 0 Å². The van der Waals surface area contributed by atoms with E-state index in [0.717, 1.165) is 11.1 Å². The zero-order chi connectivity index (χ0) is 15.1. The predicted molar refractivity (Wildman–Crippen MR) is 81.2 cm³/mol. The minimum absolute atomic E-state index is 0.150. The monoisotopic (exact) mass is 282 g/mol. The Kier molecular flexibility index (Phi) is 5.10. The molecule has 0 heterocycles. The molecule has 2 aromatic rings. The lowest BCUT2D eigenvalue weighted by Gasteiger charge is -2.18. The highest BCUT2D eigenvalue weighted by Crippen LogP contribution is 2.02. The van der Waals surface area contributed by atoms with Crippen LogP contribution in [0.2, 0.25) is 0 Å². The summed E-state index contributed by atoms with van der Waals surface area (Å²) in [4.78, 5) is 23.9. The van der Waals surface area contributed by atoms with E-state index in [9.17, 15) is 9.59 Å². The molecule has 0 saturated heterocycles. The molecular weight excluding hydrogens is 264 g/mol. The molecule has 0 bridgehead atoms. The van der Waals surface area contributed by atoms with Crippen LogP contribution >= 0.6 is 0 Å². The van der Waals surface area contributed by atoms with Crippen LogP contribution in [0.25, 0.3) is 0 Å². The van der Waals surface area contributed by atoms with Crippen LogP contribution in [0.15, 0.2) is 60.7 Å². The third kappa shape index (κ3) is 4.76. The lowest BCUT2D eigenvalue weighted by Crippen LogP contribution is -2.44. The van der Waals surface area contributed by atoms with Gasteiger partial charge in [0.05, 0.1) is 12.8 Å². The molecule has 0 aliphatic carbocycles. The Bertz CT molecular complexity index is 597. The number of rotatable bonds is 4. The smallest absolute Gasteiger partial charge is 0.245 e. The van der Waals surface area contributed by atoms with Gasteiger partial charge in [-0.2, -0.15) is 0 Å². The van der Waals surface area contributed by atoms with E-state index in [1.54, 1.807) is 7.05 Å². The minimum Gasteiger partial charge on any atom is -0.273 e. The van der Waals surface area contributed by atoms with Crippen molar-refractivity contribution in [2.24, 2.45) is 0 Å². The van der Waals surface area contributed by atoms with Crippen LogP contribution in [0.3, 0.4) is 0 Å². The van der Waals surface area contributed by atoms with Crippen molar-refractivity contribution in [3.8, 4) is 0 Å². The normalized spacial score (nSPS) is 9.95. The molecule has 2 aromatic carbocycles. The van der Waals surface area contributed by atoms with Crippen molar-refractivity contribution < 1.29 is 9.59 Å². The molecular formula is C17H18N2O2. The molecule has 0 unspecified atom stereocenters. The van der Waals surface area contributed by atoms with Gasteiger partial charge in [-0.05, 0) is 11.1 Å². The summed E-state index contributed by atoms with van der Waals surface area (Å²) in [6, 6.07) is 18.9. The van der Waals surface area contributed by atoms with Crippen molar-refractivity contribution in [3.63, 3.8) is 0 Å². The Balaban J connectivity index is 1.84. The molecule has 4 heteroatoms. The average Bonchev–Trinajstić information content (AvgIpc) is 2.49. The van der Waals surface area contributed by atoms with Gasteiger partial charge in [0.2, 0.25) is 11.8 Å². The number of hydrogen-bond donors (Lipinski definition) is 1. The van der Waals surface area contributed by atoms with Gasteiger partial charge in [-0.15, -0.1) is 0 Å². The van der Waals surface area contributed by atoms with Crippen molar-refractivity contribution >= 4 is 11.8 Å². The highest BCUT2D eigenvalue weighted by Gasteiger charge is 2.12. The van der Waals surface area contributed by atoms with E-state index in [1.807, 2.05) is 60.7 Å². The van der Waals surface area contributed by atoms with Gasteiger partial charge in [-0.3, -0.25) is 20.0 Å². The SMILES string of the molecule is CN(NC(=O)Cc1ccccc1)C(=O)Cc1ccccc1. The molecule has 0 aliphatic rings. The first-order chi connectivity index (χ1) is 10.1. The molecule has 108 valence electrons. The molecule has 0 atom stereocenters. The number of amides is 2. The predicted octanol–water partition coefficient (Wildman–Crippen LogP) is 1.96. The first-order valence-electron chi connectivity index (χ1n) is 6.79. The van der Waals surface area contributed by atoms with Crippen molar-refractivity contribution in [1.29, 1.82) is 0 Å². The second kappa shape index (κ2) is 7.24. The highest BCUT2D eigenvalue weighted by molar-refractivity contribution is 5.84. The molecule has 0 aliphatic heterocycles. The number of hydrazine groups is 1. The van der Waals surface area contributed by atoms with Gasteiger partial charge in [0.1, 0.15) is 0 Å². The minimum atomic E-state index is -0.204. The number of likely N-dealkylation sites (N-methyl/N-ethyl adjacent to an activating group) is 1. The number of hydrogen-bond acceptors (Lipinski definition) is 2. The van der Waals surface area contributed by atoms with Crippen LogP contribution in [0, 0.1) is 0 Å². The summed E-state index contributed by atoms with van der Waals surface area (Å²) >= 11 is 0. The van der Waals surface area contributed by atoms with Crippen LogP contribution in [0.4, 0.5) is 0 Å². The Labute approximate surface area is 124 Å². The summed E-state index contributed by atoms with van der Waals surface area (Å²) in [6.45, 7) is 0. The van der Waals surface area contributed by atoms with Gasteiger partial charge in [0.25, 0.3) is 0 Å². The van der Waals surface area contributed by atoms with Crippen LogP contribution in [-0.2, 0) is 22.4 Å². The molecule has 0 saturated carbocycles. The summed E-state index contributed by atoms with van der Waals surface area (Å²) in [6.07, 6.45) is 0.521. The Morgan fingerprint density at radius 3 is 1.86 bits per heavy atom. The summed E-state index contributed by atoms with van der Waals surface area (Å²) in [5.41, 5.74) is 4.43. The average molecular weight is 282 g/mol. The molecule has 0 spiro atoms. The number of carbonyl (C=O) groups is 2. The molecule has 0 fully saturated rings. The molecule has 0 radical (unpaired) electrons. The fraction of sp³-hybridized carbons (Fsp3) is 0.176. The third-order valence-electron chi connectivity index (χ3n) is 3.07. The largest absolute Gasteiger partial charge is 0.273 e. The summed E-state index contributed by atoms with van der Waals surface area (Å²) in [5, 5.41) is 1.25. The van der Waals surface area contributed by atoms with Crippen LogP contribution in [-0.4, -0.2) is 23.9 Å². The van der Waals surface area contributed by atoms with E-state index in [1.165, 1.54) is 5.01 Å². The molecule has 1 N–H and O–H groups in total. The maximum absolute atomic E-state index is 12.0. The summed E-state index contributed by atoms with van der Waals surface area (Å²) in [7, 11) is 1.56. The van der Waals surface area contributed by atoms with Gasteiger partial charge in [-0.25, -0.2) is 0 Å². The van der Waals surface area contributed by atoms with E-state index in [2.05, 4.69) is 5.43 Å². The lowest BCUT2D eigenvalue weighted by molar-refractivity contribution is -0.139. The van der Waals surface area contributed by atoms with Crippen LogP contribution in [0.5, 0.6) is 0 Å². The van der Waals surface area contributed by atoms with Crippen molar-refractivity contribution in [2.75, 3.05) is 7.05 Å². The van der Waals surface area contributed by atoms with E-state index < -0.39 is 0 Å². The maximum Gasteiger partial charge on any atom is 0.245 e. The Morgan fingerprint density at radius 2 is 1.33 bits per heavy atom. The zero-order valence-electron chi connectivity index (χ0n) is 12.0. The van der Waals surface area contributed by atoms with Crippen molar-refractivity contribution in [2.45, 2.75) is 12.8 Å². The fourth-order valence-electron chi connectivity index (χ4n) is 1.96. The molecule has 0 aromatic heterocycles. The molecule has 2 rings (SSSR count). The first-order valence-corrected chi connectivity index (χ1v) is 6.79. The highest BCUT2D eigenvalue weighted by atomic mass is 16.2. The standard InChI is InChI=1S/C17H18N2O2/c1-19(17(21)13-15-10-6-3-7-11-15)18-16(20)12-14-8-4-2-5-9-14/h2-11H,12-13H2,1H3,(H,18,20). The first kappa shape index (κ1) is 14.8. The molecule has 2 amide bonds. The summed E-state index contributed by atoms with van der Waals surface area (Å²) < 4.78 is 0. The second-order valence-corrected chi connectivity index (χ2v) is 4.81. The van der Waals surface area contributed by atoms with Gasteiger partial charge < -0.3 is 0 Å². The Morgan fingerprint density at radius 1 is 0.857 bits per heavy atom. The van der Waals surface area contributed by atoms with Gasteiger partial charge in [0, 0.05) is 7.05 Å². The maximum atomic E-state index is 12.0. The van der Waals surface area contributed by atoms with E-state index in [-0.39, 0.29) is 24.7 Å². The lowest BCUT2D eigenvalue weighted by atomic mass is 10.1. The van der Waals surface area contributed by atoms with Crippen molar-refractivity contribution in [3.05, 3.63) is 71.8 Å². The number of nitrogens with one attached hydrogen (secondary N) is 1. The van der Waals surface area contributed by atoms with Gasteiger partial charge >= 0.3 is 0 Å². The van der Waals surface area contributed by atoms with Crippen molar-refractivity contribution in [1.82, 2.24) is 10.4 Å². The van der Waals surface area contributed by atoms with Crippen LogP contribution < -0.4 is 5.43 Å². The van der Waals surface area contributed by atoms with Gasteiger partial charge in [0.15, 0.2) is 0 Å². The molecule has 21 heavy (non-hydrogen) atoms. The van der Waals surface area contributed by atoms with E-state index in [0.29, 0.717) is 0 Å². The fourth-order valence-corrected chi connectivity index (χ4v) is 1.96. The number of benzene rings is 2. The molecule has 4 nitrogen and oxygen atoms in total. The third-order valence-corrected chi connectivity index (χ3v) is 3.07. The van der Waals surface area contributed by atoms with Crippen LogP contribution in [0.1, 0.15) is 11.1 Å². The number of nitrogens with zero attached hydrogens (tertiary/aromatic N) is 1. The quantitative estimate of drug-likeness (QED) is 0.872. The summed E-state index contributed by atoms with van der Waals surface area (Å²) in [5.74, 6) is -0.354. The van der Waals surface area contributed by atoms with Gasteiger partial charge in [-0.1, -0.05) is 60.7 Å².